The number of aliphatic hydroxyl groups excluding tert-OH is 1. The van der Waals surface area contributed by atoms with Crippen LogP contribution in [0.5, 0.6) is 5.75 Å². The molecule has 1 atom stereocenters. The van der Waals surface area contributed by atoms with Gasteiger partial charge in [0, 0.05) is 13.0 Å². The zero-order valence-electron chi connectivity index (χ0n) is 11.9. The molecule has 4 nitrogen and oxygen atoms in total. The van der Waals surface area contributed by atoms with E-state index in [1.54, 1.807) is 42.7 Å². The summed E-state index contributed by atoms with van der Waals surface area (Å²) in [5, 5.41) is 16.8. The number of rotatable bonds is 7. The number of nitrogens with one attached hydrogen (secondary N) is 1. The van der Waals surface area contributed by atoms with Crippen LogP contribution in [0.1, 0.15) is 23.7 Å². The number of aryl methyl sites for hydroxylation is 1. The van der Waals surface area contributed by atoms with Crippen molar-refractivity contribution >= 4 is 17.2 Å². The van der Waals surface area contributed by atoms with Crippen molar-refractivity contribution in [3.8, 4) is 5.75 Å². The van der Waals surface area contributed by atoms with Crippen molar-refractivity contribution in [3.05, 3.63) is 52.2 Å². The maximum absolute atomic E-state index is 11.7. The molecule has 21 heavy (non-hydrogen) atoms. The van der Waals surface area contributed by atoms with Gasteiger partial charge in [-0.15, -0.1) is 0 Å². The van der Waals surface area contributed by atoms with Crippen LogP contribution in [-0.4, -0.2) is 24.7 Å². The van der Waals surface area contributed by atoms with Gasteiger partial charge in [-0.25, -0.2) is 0 Å². The number of amides is 1. The van der Waals surface area contributed by atoms with Gasteiger partial charge >= 0.3 is 0 Å². The molecule has 2 aromatic rings. The lowest BCUT2D eigenvalue weighted by Gasteiger charge is -2.12. The largest absolute Gasteiger partial charge is 0.497 e. The van der Waals surface area contributed by atoms with E-state index < -0.39 is 6.10 Å². The Labute approximate surface area is 128 Å². The molecule has 0 radical (unpaired) electrons. The summed E-state index contributed by atoms with van der Waals surface area (Å²) in [7, 11) is 1.60. The van der Waals surface area contributed by atoms with Gasteiger partial charge in [-0.3, -0.25) is 4.79 Å². The van der Waals surface area contributed by atoms with Crippen LogP contribution < -0.4 is 10.1 Å². The zero-order chi connectivity index (χ0) is 15.1. The fourth-order valence-corrected chi connectivity index (χ4v) is 2.64. The summed E-state index contributed by atoms with van der Waals surface area (Å²) < 4.78 is 5.06. The van der Waals surface area contributed by atoms with Crippen molar-refractivity contribution in [2.45, 2.75) is 18.9 Å². The third kappa shape index (κ3) is 4.88. The van der Waals surface area contributed by atoms with E-state index >= 15 is 0 Å². The molecule has 0 aliphatic carbocycles. The Bertz CT molecular complexity index is 551. The number of benzene rings is 1. The van der Waals surface area contributed by atoms with Crippen molar-refractivity contribution in [2.24, 2.45) is 0 Å². The molecular formula is C16H19NO3S. The predicted octanol–water partition coefficient (Wildman–Crippen LogP) is 2.54. The molecule has 1 aromatic carbocycles. The van der Waals surface area contributed by atoms with Gasteiger partial charge in [0.2, 0.25) is 5.91 Å². The average Bonchev–Trinajstić information content (AvgIpc) is 3.04. The predicted molar refractivity (Wildman–Crippen MR) is 83.6 cm³/mol. The second-order valence-electron chi connectivity index (χ2n) is 4.72. The van der Waals surface area contributed by atoms with E-state index in [4.69, 9.17) is 4.74 Å². The van der Waals surface area contributed by atoms with Crippen molar-refractivity contribution in [2.75, 3.05) is 13.7 Å². The summed E-state index contributed by atoms with van der Waals surface area (Å²) in [5.41, 5.74) is 1.93. The third-order valence-electron chi connectivity index (χ3n) is 3.21. The number of methoxy groups -OCH3 is 1. The summed E-state index contributed by atoms with van der Waals surface area (Å²) in [6.45, 7) is 0.217. The Balaban J connectivity index is 1.74. The number of carbonyl (C=O) groups excluding carboxylic acids is 1. The highest BCUT2D eigenvalue weighted by Gasteiger charge is 2.10. The first kappa shape index (κ1) is 15.5. The molecule has 1 aromatic heterocycles. The average molecular weight is 305 g/mol. The van der Waals surface area contributed by atoms with E-state index in [9.17, 15) is 9.90 Å². The Morgan fingerprint density at radius 1 is 1.33 bits per heavy atom. The first-order valence-corrected chi connectivity index (χ1v) is 7.73. The van der Waals surface area contributed by atoms with Gasteiger partial charge < -0.3 is 15.2 Å². The molecule has 5 heteroatoms. The van der Waals surface area contributed by atoms with Crippen LogP contribution in [0.4, 0.5) is 0 Å². The zero-order valence-corrected chi connectivity index (χ0v) is 12.7. The Morgan fingerprint density at radius 2 is 2.10 bits per heavy atom. The van der Waals surface area contributed by atoms with Crippen LogP contribution in [0.2, 0.25) is 0 Å². The first-order chi connectivity index (χ1) is 10.2. The molecule has 0 fully saturated rings. The van der Waals surface area contributed by atoms with Gasteiger partial charge in [-0.2, -0.15) is 11.3 Å². The molecule has 0 saturated carbocycles. The highest BCUT2D eigenvalue weighted by atomic mass is 32.1. The fraction of sp³-hybridized carbons (Fsp3) is 0.312. The summed E-state index contributed by atoms with van der Waals surface area (Å²) in [6.07, 6.45) is 0.459. The van der Waals surface area contributed by atoms with E-state index in [0.29, 0.717) is 6.42 Å². The van der Waals surface area contributed by atoms with E-state index in [0.717, 1.165) is 17.7 Å². The van der Waals surface area contributed by atoms with Crippen molar-refractivity contribution in [1.82, 2.24) is 5.32 Å². The minimum Gasteiger partial charge on any atom is -0.497 e. The van der Waals surface area contributed by atoms with Gasteiger partial charge in [0.15, 0.2) is 0 Å². The minimum atomic E-state index is -0.707. The Hall–Kier alpha value is -1.85. The maximum Gasteiger partial charge on any atom is 0.220 e. The molecule has 0 saturated heterocycles. The first-order valence-electron chi connectivity index (χ1n) is 6.79. The number of ether oxygens (including phenoxy) is 1. The van der Waals surface area contributed by atoms with Gasteiger partial charge in [0.25, 0.3) is 0 Å². The Morgan fingerprint density at radius 3 is 2.71 bits per heavy atom. The molecule has 2 N–H and O–H groups in total. The van der Waals surface area contributed by atoms with Crippen molar-refractivity contribution in [1.29, 1.82) is 0 Å². The van der Waals surface area contributed by atoms with Crippen LogP contribution in [0.15, 0.2) is 41.1 Å². The van der Waals surface area contributed by atoms with E-state index in [1.807, 2.05) is 16.8 Å². The number of thiophene rings is 1. The number of hydrogen-bond donors (Lipinski definition) is 2. The van der Waals surface area contributed by atoms with Crippen LogP contribution in [0, 0.1) is 0 Å². The molecule has 2 rings (SSSR count). The summed E-state index contributed by atoms with van der Waals surface area (Å²) in [5.74, 6) is 0.694. The summed E-state index contributed by atoms with van der Waals surface area (Å²) in [4.78, 5) is 11.7. The Kier molecular flexibility index (Phi) is 5.78. The van der Waals surface area contributed by atoms with Gasteiger partial charge in [0.05, 0.1) is 13.2 Å². The number of aliphatic hydroxyl groups is 1. The quantitative estimate of drug-likeness (QED) is 0.826. The van der Waals surface area contributed by atoms with Crippen LogP contribution in [-0.2, 0) is 11.2 Å². The maximum atomic E-state index is 11.7. The topological polar surface area (TPSA) is 58.6 Å². The standard InChI is InChI=1S/C16H19NO3S/c1-20-14-5-3-13(4-6-14)15(18)10-17-16(19)7-2-12-8-9-21-11-12/h3-6,8-9,11,15,18H,2,7,10H2,1H3,(H,17,19). The van der Waals surface area contributed by atoms with Crippen molar-refractivity contribution < 1.29 is 14.6 Å². The number of hydrogen-bond acceptors (Lipinski definition) is 4. The lowest BCUT2D eigenvalue weighted by molar-refractivity contribution is -0.121. The molecular weight excluding hydrogens is 286 g/mol. The van der Waals surface area contributed by atoms with Crippen LogP contribution in [0.25, 0.3) is 0 Å². The van der Waals surface area contributed by atoms with E-state index in [2.05, 4.69) is 5.32 Å². The molecule has 0 aliphatic rings. The normalized spacial score (nSPS) is 11.9. The third-order valence-corrected chi connectivity index (χ3v) is 3.95. The molecule has 112 valence electrons. The summed E-state index contributed by atoms with van der Waals surface area (Å²) >= 11 is 1.63. The molecule has 0 aliphatic heterocycles. The monoisotopic (exact) mass is 305 g/mol. The lowest BCUT2D eigenvalue weighted by atomic mass is 10.1. The van der Waals surface area contributed by atoms with Gasteiger partial charge in [-0.1, -0.05) is 12.1 Å². The molecule has 1 amide bonds. The van der Waals surface area contributed by atoms with E-state index in [-0.39, 0.29) is 12.5 Å². The van der Waals surface area contributed by atoms with Crippen molar-refractivity contribution in [3.63, 3.8) is 0 Å². The second kappa shape index (κ2) is 7.81. The number of carbonyl (C=O) groups is 1. The van der Waals surface area contributed by atoms with Gasteiger partial charge in [-0.05, 0) is 46.5 Å². The molecule has 1 unspecified atom stereocenters. The van der Waals surface area contributed by atoms with Gasteiger partial charge in [0.1, 0.15) is 5.75 Å². The lowest BCUT2D eigenvalue weighted by Crippen LogP contribution is -2.28. The molecule has 1 heterocycles. The molecule has 0 bridgehead atoms. The summed E-state index contributed by atoms with van der Waals surface area (Å²) in [6, 6.07) is 9.18. The highest BCUT2D eigenvalue weighted by Crippen LogP contribution is 2.17. The smallest absolute Gasteiger partial charge is 0.220 e. The SMILES string of the molecule is COc1ccc(C(O)CNC(=O)CCc2ccsc2)cc1. The second-order valence-corrected chi connectivity index (χ2v) is 5.50. The van der Waals surface area contributed by atoms with E-state index in [1.165, 1.54) is 5.56 Å². The highest BCUT2D eigenvalue weighted by molar-refractivity contribution is 7.07. The van der Waals surface area contributed by atoms with Crippen LogP contribution in [0.3, 0.4) is 0 Å². The molecule has 0 spiro atoms. The van der Waals surface area contributed by atoms with Crippen LogP contribution >= 0.6 is 11.3 Å². The fourth-order valence-electron chi connectivity index (χ4n) is 1.94. The minimum absolute atomic E-state index is 0.0474.